The van der Waals surface area contributed by atoms with Crippen molar-refractivity contribution in [1.29, 1.82) is 0 Å². The summed E-state index contributed by atoms with van der Waals surface area (Å²) in [5, 5.41) is 12.8. The van der Waals surface area contributed by atoms with Gasteiger partial charge in [-0.2, -0.15) is 5.10 Å². The highest BCUT2D eigenvalue weighted by atomic mass is 32.2. The van der Waals surface area contributed by atoms with Crippen LogP contribution in [0, 0.1) is 11.7 Å². The number of ether oxygens (including phenoxy) is 1. The number of hydrogen-bond acceptors (Lipinski definition) is 7. The number of allylic oxidation sites excluding steroid dienone is 2. The molecule has 168 valence electrons. The molecule has 0 spiro atoms. The molecular formula is C23H32FN5OS. The fourth-order valence-corrected chi connectivity index (χ4v) is 5.36. The van der Waals surface area contributed by atoms with Gasteiger partial charge in [0.15, 0.2) is 12.5 Å². The summed E-state index contributed by atoms with van der Waals surface area (Å²) in [6, 6.07) is 7.52. The Hall–Kier alpha value is -2.06. The van der Waals surface area contributed by atoms with Crippen molar-refractivity contribution in [2.24, 2.45) is 16.1 Å². The van der Waals surface area contributed by atoms with E-state index in [0.29, 0.717) is 12.8 Å². The molecule has 3 aliphatic rings. The van der Waals surface area contributed by atoms with Crippen LogP contribution in [0.3, 0.4) is 0 Å². The zero-order valence-corrected chi connectivity index (χ0v) is 19.4. The first-order chi connectivity index (χ1) is 15.0. The van der Waals surface area contributed by atoms with Crippen LogP contribution in [0.2, 0.25) is 0 Å². The molecule has 2 saturated heterocycles. The van der Waals surface area contributed by atoms with Crippen LogP contribution in [0.15, 0.2) is 45.9 Å². The predicted octanol–water partition coefficient (Wildman–Crippen LogP) is 4.06. The van der Waals surface area contributed by atoms with E-state index in [0.717, 1.165) is 65.6 Å². The third-order valence-electron chi connectivity index (χ3n) is 6.28. The second kappa shape index (κ2) is 10.0. The summed E-state index contributed by atoms with van der Waals surface area (Å²) in [6.45, 7) is 10.9. The molecule has 0 amide bonds. The summed E-state index contributed by atoms with van der Waals surface area (Å²) in [6.07, 6.45) is 2.36. The average Bonchev–Trinajstić information content (AvgIpc) is 3.46. The Morgan fingerprint density at radius 2 is 2.03 bits per heavy atom. The van der Waals surface area contributed by atoms with E-state index in [2.05, 4.69) is 25.3 Å². The van der Waals surface area contributed by atoms with Crippen LogP contribution in [0.5, 0.6) is 0 Å². The molecule has 0 saturated carbocycles. The van der Waals surface area contributed by atoms with Crippen molar-refractivity contribution in [2.75, 3.05) is 43.6 Å². The van der Waals surface area contributed by atoms with Gasteiger partial charge in [-0.3, -0.25) is 0 Å². The van der Waals surface area contributed by atoms with Crippen molar-refractivity contribution in [1.82, 2.24) is 10.2 Å². The van der Waals surface area contributed by atoms with E-state index < -0.39 is 0 Å². The van der Waals surface area contributed by atoms with E-state index in [4.69, 9.17) is 4.74 Å². The minimum absolute atomic E-state index is 0.166. The minimum Gasteiger partial charge on any atom is -0.470 e. The van der Waals surface area contributed by atoms with E-state index in [1.165, 1.54) is 13.0 Å². The zero-order chi connectivity index (χ0) is 21.8. The Balaban J connectivity index is 1.20. The highest BCUT2D eigenvalue weighted by molar-refractivity contribution is 8.13. The summed E-state index contributed by atoms with van der Waals surface area (Å²) < 4.78 is 18.8. The first-order valence-electron chi connectivity index (χ1n) is 11.1. The molecule has 1 aromatic rings. The third kappa shape index (κ3) is 5.41. The monoisotopic (exact) mass is 445 g/mol. The maximum absolute atomic E-state index is 13.3. The quantitative estimate of drug-likeness (QED) is 0.297. The number of nitrogens with zero attached hydrogens (tertiary/aromatic N) is 4. The van der Waals surface area contributed by atoms with Crippen LogP contribution in [0.1, 0.15) is 33.6 Å². The second-order valence-corrected chi connectivity index (χ2v) is 9.76. The number of fused-ring (bicyclic) bond motifs is 1. The lowest BCUT2D eigenvalue weighted by atomic mass is 10.1. The molecule has 6 nitrogen and oxygen atoms in total. The number of anilines is 1. The van der Waals surface area contributed by atoms with E-state index in [-0.39, 0.29) is 5.82 Å². The van der Waals surface area contributed by atoms with E-state index in [1.54, 1.807) is 23.9 Å². The molecule has 8 heteroatoms. The van der Waals surface area contributed by atoms with Crippen LogP contribution in [-0.4, -0.2) is 60.4 Å². The van der Waals surface area contributed by atoms with Crippen LogP contribution < -0.4 is 10.2 Å². The first kappa shape index (κ1) is 22.1. The number of halogens is 1. The van der Waals surface area contributed by atoms with Gasteiger partial charge in [-0.05, 0) is 70.3 Å². The van der Waals surface area contributed by atoms with E-state index >= 15 is 0 Å². The van der Waals surface area contributed by atoms with Gasteiger partial charge in [-0.1, -0.05) is 0 Å². The van der Waals surface area contributed by atoms with Gasteiger partial charge in [-0.25, -0.2) is 4.39 Å². The smallest absolute Gasteiger partial charge is 0.163 e. The summed E-state index contributed by atoms with van der Waals surface area (Å²) in [5.74, 6) is 2.40. The van der Waals surface area contributed by atoms with Crippen LogP contribution in [0.4, 0.5) is 10.1 Å². The van der Waals surface area contributed by atoms with Gasteiger partial charge in [-0.15, -0.1) is 16.9 Å². The molecule has 0 radical (unpaired) electrons. The zero-order valence-electron chi connectivity index (χ0n) is 18.6. The lowest BCUT2D eigenvalue weighted by Crippen LogP contribution is -2.35. The fourth-order valence-electron chi connectivity index (χ4n) is 4.69. The second-order valence-electron chi connectivity index (χ2n) is 8.47. The molecule has 2 atom stereocenters. The van der Waals surface area contributed by atoms with Gasteiger partial charge < -0.3 is 19.9 Å². The molecule has 1 aromatic carbocycles. The van der Waals surface area contributed by atoms with E-state index in [1.807, 2.05) is 32.9 Å². The predicted molar refractivity (Wildman–Crippen MR) is 127 cm³/mol. The Labute approximate surface area is 188 Å². The number of rotatable bonds is 7. The normalized spacial score (nSPS) is 24.6. The van der Waals surface area contributed by atoms with Gasteiger partial charge in [0.1, 0.15) is 11.5 Å². The minimum atomic E-state index is -0.166. The summed E-state index contributed by atoms with van der Waals surface area (Å²) in [7, 11) is 0. The van der Waals surface area contributed by atoms with Gasteiger partial charge in [0.05, 0.1) is 10.7 Å². The first-order valence-corrected chi connectivity index (χ1v) is 12.0. The van der Waals surface area contributed by atoms with E-state index in [9.17, 15) is 4.39 Å². The third-order valence-corrected chi connectivity index (χ3v) is 7.27. The SMILES string of the molecule is CC1=C(/C(C)=N/N=C(\C)SCCCN2C[C@@H]3CCN(c4ccc(F)cc4)[C@@H]3C2)OCN1. The molecule has 0 bridgehead atoms. The van der Waals surface area contributed by atoms with Crippen molar-refractivity contribution in [2.45, 2.75) is 39.7 Å². The highest BCUT2D eigenvalue weighted by Gasteiger charge is 2.40. The van der Waals surface area contributed by atoms with Crippen molar-refractivity contribution in [3.63, 3.8) is 0 Å². The topological polar surface area (TPSA) is 52.5 Å². The molecule has 3 heterocycles. The Morgan fingerprint density at radius 1 is 1.23 bits per heavy atom. The lowest BCUT2D eigenvalue weighted by Gasteiger charge is -2.27. The van der Waals surface area contributed by atoms with Gasteiger partial charge in [0.25, 0.3) is 0 Å². The number of hydrogen-bond donors (Lipinski definition) is 1. The number of nitrogens with one attached hydrogen (secondary N) is 1. The maximum atomic E-state index is 13.3. The fraction of sp³-hybridized carbons (Fsp3) is 0.565. The lowest BCUT2D eigenvalue weighted by molar-refractivity contribution is 0.250. The number of likely N-dealkylation sites (tertiary alicyclic amines) is 1. The molecule has 3 aliphatic heterocycles. The Kier molecular flexibility index (Phi) is 7.17. The molecular weight excluding hydrogens is 413 g/mol. The van der Waals surface area contributed by atoms with Crippen molar-refractivity contribution in [3.8, 4) is 0 Å². The molecule has 31 heavy (non-hydrogen) atoms. The van der Waals surface area contributed by atoms with Crippen molar-refractivity contribution in [3.05, 3.63) is 41.5 Å². The molecule has 0 unspecified atom stereocenters. The Bertz CT molecular complexity index is 869. The van der Waals surface area contributed by atoms with Crippen LogP contribution >= 0.6 is 11.8 Å². The maximum Gasteiger partial charge on any atom is 0.163 e. The Morgan fingerprint density at radius 3 is 2.77 bits per heavy atom. The summed E-state index contributed by atoms with van der Waals surface area (Å²) in [4.78, 5) is 5.05. The number of benzene rings is 1. The number of thioether (sulfide) groups is 1. The van der Waals surface area contributed by atoms with Gasteiger partial charge >= 0.3 is 0 Å². The standard InChI is InChI=1S/C23H32FN5OS/c1-16-23(30-15-25-16)17(2)26-27-18(3)31-12-4-10-28-13-19-9-11-29(22(19)14-28)21-7-5-20(24)6-8-21/h5-8,19,22,25H,4,9-15H2,1-3H3/b26-17+,27-18+/t19-,22+/m0/s1. The average molecular weight is 446 g/mol. The highest BCUT2D eigenvalue weighted by Crippen LogP contribution is 2.35. The summed E-state index contributed by atoms with van der Waals surface area (Å²) in [5.41, 5.74) is 2.96. The molecule has 1 N–H and O–H groups in total. The van der Waals surface area contributed by atoms with Gasteiger partial charge in [0, 0.05) is 37.1 Å². The van der Waals surface area contributed by atoms with Crippen molar-refractivity contribution >= 4 is 28.2 Å². The van der Waals surface area contributed by atoms with Crippen molar-refractivity contribution < 1.29 is 9.13 Å². The molecule has 0 aromatic heterocycles. The van der Waals surface area contributed by atoms with Crippen LogP contribution in [0.25, 0.3) is 0 Å². The molecule has 4 rings (SSSR count). The summed E-state index contributed by atoms with van der Waals surface area (Å²) >= 11 is 1.76. The molecule has 2 fully saturated rings. The molecule has 0 aliphatic carbocycles. The van der Waals surface area contributed by atoms with Gasteiger partial charge in [0.2, 0.25) is 0 Å². The largest absolute Gasteiger partial charge is 0.470 e. The van der Waals surface area contributed by atoms with Crippen LogP contribution in [-0.2, 0) is 4.74 Å².